The van der Waals surface area contributed by atoms with Crippen LogP contribution in [0.2, 0.25) is 0 Å². The average Bonchev–Trinajstić information content (AvgIpc) is 2.38. The van der Waals surface area contributed by atoms with Gasteiger partial charge >= 0.3 is 5.97 Å². The number of hydrogen-bond acceptors (Lipinski definition) is 3. The van der Waals surface area contributed by atoms with E-state index in [9.17, 15) is 9.59 Å². The zero-order valence-corrected chi connectivity index (χ0v) is 11.9. The molecule has 3 nitrogen and oxygen atoms in total. The zero-order chi connectivity index (χ0) is 14.2. The quantitative estimate of drug-likeness (QED) is 0.436. The lowest BCUT2D eigenvalue weighted by atomic mass is 9.61. The van der Waals surface area contributed by atoms with Gasteiger partial charge in [-0.15, -0.1) is 0 Å². The van der Waals surface area contributed by atoms with Crippen LogP contribution in [0.1, 0.15) is 33.1 Å². The Labute approximate surface area is 114 Å². The summed E-state index contributed by atoms with van der Waals surface area (Å²) in [4.78, 5) is 23.8. The highest BCUT2D eigenvalue weighted by molar-refractivity contribution is 6.17. The SMILES string of the molecule is C=C(C)[C@@H]1CC[C@@H](C)[C@@H]2CC(=O)C(C(=O)OC)=C[C@H]21. The van der Waals surface area contributed by atoms with Crippen molar-refractivity contribution in [1.29, 1.82) is 0 Å². The van der Waals surface area contributed by atoms with Gasteiger partial charge in [0.2, 0.25) is 0 Å². The molecule has 0 amide bonds. The van der Waals surface area contributed by atoms with Crippen LogP contribution in [0.3, 0.4) is 0 Å². The van der Waals surface area contributed by atoms with Gasteiger partial charge in [-0.1, -0.05) is 25.2 Å². The summed E-state index contributed by atoms with van der Waals surface area (Å²) in [5.41, 5.74) is 1.39. The number of allylic oxidation sites excluding steroid dienone is 2. The first-order valence-electron chi connectivity index (χ1n) is 6.94. The van der Waals surface area contributed by atoms with Gasteiger partial charge in [-0.2, -0.15) is 0 Å². The minimum absolute atomic E-state index is 0.0673. The maximum Gasteiger partial charge on any atom is 0.341 e. The molecule has 2 aliphatic carbocycles. The second-order valence-electron chi connectivity index (χ2n) is 5.95. The van der Waals surface area contributed by atoms with Crippen LogP contribution in [-0.2, 0) is 14.3 Å². The molecule has 0 saturated heterocycles. The molecule has 104 valence electrons. The monoisotopic (exact) mass is 262 g/mol. The van der Waals surface area contributed by atoms with Crippen molar-refractivity contribution in [3.05, 3.63) is 23.8 Å². The van der Waals surface area contributed by atoms with Crippen molar-refractivity contribution < 1.29 is 14.3 Å². The Morgan fingerprint density at radius 1 is 1.42 bits per heavy atom. The van der Waals surface area contributed by atoms with Gasteiger partial charge in [0.25, 0.3) is 0 Å². The third kappa shape index (κ3) is 2.51. The molecule has 1 fully saturated rings. The summed E-state index contributed by atoms with van der Waals surface area (Å²) in [6, 6.07) is 0. The highest BCUT2D eigenvalue weighted by Gasteiger charge is 2.42. The smallest absolute Gasteiger partial charge is 0.341 e. The average molecular weight is 262 g/mol. The number of Topliss-reactive ketones (excluding diaryl/α,β-unsaturated/α-hetero) is 1. The fourth-order valence-electron chi connectivity index (χ4n) is 3.58. The summed E-state index contributed by atoms with van der Waals surface area (Å²) in [6.07, 6.45) is 4.55. The normalized spacial score (nSPS) is 34.3. The van der Waals surface area contributed by atoms with Crippen LogP contribution in [0.5, 0.6) is 0 Å². The van der Waals surface area contributed by atoms with Gasteiger partial charge in [-0.3, -0.25) is 4.79 Å². The highest BCUT2D eigenvalue weighted by atomic mass is 16.5. The Kier molecular flexibility index (Phi) is 3.93. The van der Waals surface area contributed by atoms with Crippen LogP contribution in [0.15, 0.2) is 23.8 Å². The maximum absolute atomic E-state index is 12.1. The van der Waals surface area contributed by atoms with Crippen molar-refractivity contribution >= 4 is 11.8 Å². The van der Waals surface area contributed by atoms with Gasteiger partial charge in [0.05, 0.1) is 12.7 Å². The van der Waals surface area contributed by atoms with Crippen molar-refractivity contribution in [2.24, 2.45) is 23.7 Å². The molecule has 0 spiro atoms. The first kappa shape index (κ1) is 14.0. The molecule has 0 aromatic rings. The second-order valence-corrected chi connectivity index (χ2v) is 5.95. The van der Waals surface area contributed by atoms with E-state index in [2.05, 4.69) is 13.5 Å². The van der Waals surface area contributed by atoms with Gasteiger partial charge in [-0.25, -0.2) is 4.79 Å². The van der Waals surface area contributed by atoms with Gasteiger partial charge in [-0.05, 0) is 43.4 Å². The lowest BCUT2D eigenvalue weighted by Crippen LogP contribution is -2.39. The summed E-state index contributed by atoms with van der Waals surface area (Å²) in [5, 5.41) is 0. The molecule has 2 aliphatic rings. The highest BCUT2D eigenvalue weighted by Crippen LogP contribution is 2.46. The van der Waals surface area contributed by atoms with E-state index in [1.165, 1.54) is 7.11 Å². The third-order valence-corrected chi connectivity index (χ3v) is 4.74. The molecule has 0 aromatic carbocycles. The molecule has 0 heterocycles. The first-order valence-corrected chi connectivity index (χ1v) is 6.94. The largest absolute Gasteiger partial charge is 0.465 e. The van der Waals surface area contributed by atoms with E-state index in [4.69, 9.17) is 4.74 Å². The van der Waals surface area contributed by atoms with Crippen LogP contribution in [-0.4, -0.2) is 18.9 Å². The summed E-state index contributed by atoms with van der Waals surface area (Å²) in [5.74, 6) is 0.947. The summed E-state index contributed by atoms with van der Waals surface area (Å²) in [6.45, 7) is 8.32. The molecule has 0 aliphatic heterocycles. The van der Waals surface area contributed by atoms with Crippen molar-refractivity contribution in [1.82, 2.24) is 0 Å². The van der Waals surface area contributed by atoms with E-state index in [0.717, 1.165) is 18.4 Å². The number of esters is 1. The van der Waals surface area contributed by atoms with Gasteiger partial charge in [0, 0.05) is 6.42 Å². The molecule has 0 bridgehead atoms. The van der Waals surface area contributed by atoms with Crippen molar-refractivity contribution in [2.75, 3.05) is 7.11 Å². The summed E-state index contributed by atoms with van der Waals surface area (Å²) in [7, 11) is 1.32. The van der Waals surface area contributed by atoms with Crippen LogP contribution < -0.4 is 0 Å². The van der Waals surface area contributed by atoms with E-state index in [-0.39, 0.29) is 17.3 Å². The lowest BCUT2D eigenvalue weighted by molar-refractivity contribution is -0.138. The molecule has 4 atom stereocenters. The van der Waals surface area contributed by atoms with E-state index in [1.807, 2.05) is 13.0 Å². The first-order chi connectivity index (χ1) is 8.95. The fourth-order valence-corrected chi connectivity index (χ4v) is 3.58. The lowest BCUT2D eigenvalue weighted by Gasteiger charge is -2.43. The molecule has 19 heavy (non-hydrogen) atoms. The number of methoxy groups -OCH3 is 1. The van der Waals surface area contributed by atoms with Gasteiger partial charge in [0.1, 0.15) is 0 Å². The Hall–Kier alpha value is -1.38. The van der Waals surface area contributed by atoms with Crippen LogP contribution >= 0.6 is 0 Å². The van der Waals surface area contributed by atoms with Crippen LogP contribution in [0, 0.1) is 23.7 Å². The molecular formula is C16H22O3. The summed E-state index contributed by atoms with van der Waals surface area (Å²) < 4.78 is 4.71. The minimum atomic E-state index is -0.498. The molecule has 0 unspecified atom stereocenters. The molecule has 0 radical (unpaired) electrons. The molecular weight excluding hydrogens is 240 g/mol. The molecule has 0 aromatic heterocycles. The number of hydrogen-bond donors (Lipinski definition) is 0. The number of rotatable bonds is 2. The standard InChI is InChI=1S/C16H22O3/c1-9(2)11-6-5-10(3)12-8-15(17)14(7-13(11)12)16(18)19-4/h7,10-13H,1,5-6,8H2,2-4H3/t10-,11+,12+,13+/m1/s1. The van der Waals surface area contributed by atoms with E-state index < -0.39 is 5.97 Å². The number of ketones is 1. The Morgan fingerprint density at radius 2 is 2.11 bits per heavy atom. The predicted octanol–water partition coefficient (Wildman–Crippen LogP) is 2.91. The van der Waals surface area contributed by atoms with E-state index in [1.54, 1.807) is 0 Å². The van der Waals surface area contributed by atoms with Crippen LogP contribution in [0.25, 0.3) is 0 Å². The number of carbonyl (C=O) groups excluding carboxylic acids is 2. The second kappa shape index (κ2) is 5.32. The topological polar surface area (TPSA) is 43.4 Å². The summed E-state index contributed by atoms with van der Waals surface area (Å²) >= 11 is 0. The molecule has 0 N–H and O–H groups in total. The van der Waals surface area contributed by atoms with E-state index in [0.29, 0.717) is 24.2 Å². The number of ether oxygens (including phenoxy) is 1. The Morgan fingerprint density at radius 3 is 2.68 bits per heavy atom. The van der Waals surface area contributed by atoms with Crippen molar-refractivity contribution in [3.8, 4) is 0 Å². The molecule has 3 heteroatoms. The van der Waals surface area contributed by atoms with Crippen molar-refractivity contribution in [3.63, 3.8) is 0 Å². The predicted molar refractivity (Wildman–Crippen MR) is 73.4 cm³/mol. The zero-order valence-electron chi connectivity index (χ0n) is 11.9. The molecule has 1 saturated carbocycles. The Balaban J connectivity index is 2.37. The number of fused-ring (bicyclic) bond motifs is 1. The van der Waals surface area contributed by atoms with Crippen LogP contribution in [0.4, 0.5) is 0 Å². The third-order valence-electron chi connectivity index (χ3n) is 4.74. The van der Waals surface area contributed by atoms with E-state index >= 15 is 0 Å². The van der Waals surface area contributed by atoms with Gasteiger partial charge in [0.15, 0.2) is 5.78 Å². The van der Waals surface area contributed by atoms with Crippen molar-refractivity contribution in [2.45, 2.75) is 33.1 Å². The maximum atomic E-state index is 12.1. The molecule has 2 rings (SSSR count). The number of carbonyl (C=O) groups is 2. The fraction of sp³-hybridized carbons (Fsp3) is 0.625. The minimum Gasteiger partial charge on any atom is -0.465 e. The Bertz CT molecular complexity index is 447. The van der Waals surface area contributed by atoms with Gasteiger partial charge < -0.3 is 4.74 Å².